The second kappa shape index (κ2) is 5.71. The van der Waals surface area contributed by atoms with Gasteiger partial charge >= 0.3 is 6.03 Å². The largest absolute Gasteiger partial charge is 0.457 e. The van der Waals surface area contributed by atoms with Crippen LogP contribution in [-0.4, -0.2) is 6.03 Å². The summed E-state index contributed by atoms with van der Waals surface area (Å²) in [6.45, 7) is 0. The standard InChI is InChI=1S/C14H10FN3O2/c15-12-7-11(5-6-13(12)18-14(17)19)20-10-3-1-9(8-16)2-4-10/h1-7H,(H3,17,18,19). The molecule has 20 heavy (non-hydrogen) atoms. The minimum atomic E-state index is -0.843. The minimum Gasteiger partial charge on any atom is -0.457 e. The molecule has 0 unspecified atom stereocenters. The zero-order valence-electron chi connectivity index (χ0n) is 10.3. The van der Waals surface area contributed by atoms with Crippen LogP contribution in [0, 0.1) is 17.1 Å². The molecule has 5 nitrogen and oxygen atoms in total. The zero-order chi connectivity index (χ0) is 14.5. The van der Waals surface area contributed by atoms with E-state index >= 15 is 0 Å². The van der Waals surface area contributed by atoms with Crippen LogP contribution in [0.4, 0.5) is 14.9 Å². The summed E-state index contributed by atoms with van der Waals surface area (Å²) >= 11 is 0. The molecule has 0 aromatic heterocycles. The summed E-state index contributed by atoms with van der Waals surface area (Å²) in [5.74, 6) is 0.0798. The number of amides is 2. The number of nitriles is 1. The molecule has 3 N–H and O–H groups in total. The van der Waals surface area contributed by atoms with Crippen LogP contribution in [0.2, 0.25) is 0 Å². The number of anilines is 1. The maximum atomic E-state index is 13.6. The van der Waals surface area contributed by atoms with E-state index in [2.05, 4.69) is 5.32 Å². The van der Waals surface area contributed by atoms with Crippen LogP contribution in [0.3, 0.4) is 0 Å². The van der Waals surface area contributed by atoms with Gasteiger partial charge in [-0.25, -0.2) is 9.18 Å². The van der Waals surface area contributed by atoms with E-state index in [9.17, 15) is 9.18 Å². The van der Waals surface area contributed by atoms with Crippen LogP contribution < -0.4 is 15.8 Å². The van der Waals surface area contributed by atoms with Gasteiger partial charge < -0.3 is 15.8 Å². The molecular weight excluding hydrogens is 261 g/mol. The SMILES string of the molecule is N#Cc1ccc(Oc2ccc(NC(N)=O)c(F)c2)cc1. The van der Waals surface area contributed by atoms with E-state index in [1.807, 2.05) is 6.07 Å². The molecule has 0 aliphatic rings. The van der Waals surface area contributed by atoms with E-state index < -0.39 is 11.8 Å². The molecule has 0 atom stereocenters. The minimum absolute atomic E-state index is 0.0234. The summed E-state index contributed by atoms with van der Waals surface area (Å²) in [4.78, 5) is 10.6. The number of hydrogen-bond acceptors (Lipinski definition) is 3. The first-order chi connectivity index (χ1) is 9.58. The van der Waals surface area contributed by atoms with Gasteiger partial charge in [-0.1, -0.05) is 0 Å². The number of nitrogens with zero attached hydrogens (tertiary/aromatic N) is 1. The van der Waals surface area contributed by atoms with Crippen molar-refractivity contribution in [3.8, 4) is 17.6 Å². The second-order valence-electron chi connectivity index (χ2n) is 3.87. The molecule has 2 aromatic rings. The predicted octanol–water partition coefficient (Wildman–Crippen LogP) is 2.98. The summed E-state index contributed by atoms with van der Waals surface area (Å²) in [7, 11) is 0. The van der Waals surface area contributed by atoms with Crippen molar-refractivity contribution in [1.82, 2.24) is 0 Å². The first-order valence-corrected chi connectivity index (χ1v) is 5.62. The van der Waals surface area contributed by atoms with E-state index in [0.717, 1.165) is 6.07 Å². The van der Waals surface area contributed by atoms with Gasteiger partial charge in [0.2, 0.25) is 0 Å². The van der Waals surface area contributed by atoms with Crippen LogP contribution in [-0.2, 0) is 0 Å². The van der Waals surface area contributed by atoms with Gasteiger partial charge in [0.25, 0.3) is 0 Å². The number of primary amides is 1. The molecule has 2 aromatic carbocycles. The van der Waals surface area contributed by atoms with Crippen molar-refractivity contribution in [3.05, 3.63) is 53.8 Å². The highest BCUT2D eigenvalue weighted by Gasteiger charge is 2.06. The fraction of sp³-hybridized carbons (Fsp3) is 0. The second-order valence-corrected chi connectivity index (χ2v) is 3.87. The number of ether oxygens (including phenoxy) is 1. The molecule has 0 aliphatic carbocycles. The lowest BCUT2D eigenvalue weighted by molar-refractivity contribution is 0.259. The van der Waals surface area contributed by atoms with E-state index in [4.69, 9.17) is 15.7 Å². The van der Waals surface area contributed by atoms with Crippen molar-refractivity contribution in [2.75, 3.05) is 5.32 Å². The highest BCUT2D eigenvalue weighted by atomic mass is 19.1. The topological polar surface area (TPSA) is 88.1 Å². The Hall–Kier alpha value is -3.07. The zero-order valence-corrected chi connectivity index (χ0v) is 10.3. The Labute approximate surface area is 114 Å². The van der Waals surface area contributed by atoms with E-state index in [1.54, 1.807) is 24.3 Å². The Morgan fingerprint density at radius 1 is 1.20 bits per heavy atom. The van der Waals surface area contributed by atoms with Gasteiger partial charge in [-0.2, -0.15) is 5.26 Å². The van der Waals surface area contributed by atoms with Gasteiger partial charge in [0.05, 0.1) is 17.3 Å². The molecule has 100 valence electrons. The summed E-state index contributed by atoms with van der Waals surface area (Å²) < 4.78 is 19.1. The average molecular weight is 271 g/mol. The van der Waals surface area contributed by atoms with E-state index in [-0.39, 0.29) is 11.4 Å². The third-order valence-electron chi connectivity index (χ3n) is 2.42. The lowest BCUT2D eigenvalue weighted by Crippen LogP contribution is -2.19. The number of rotatable bonds is 3. The number of urea groups is 1. The number of hydrogen-bond donors (Lipinski definition) is 2. The maximum absolute atomic E-state index is 13.6. The Bertz CT molecular complexity index is 678. The van der Waals surface area contributed by atoms with Crippen molar-refractivity contribution in [3.63, 3.8) is 0 Å². The number of carbonyl (C=O) groups is 1. The molecule has 2 amide bonds. The van der Waals surface area contributed by atoms with Crippen LogP contribution in [0.5, 0.6) is 11.5 Å². The molecule has 0 radical (unpaired) electrons. The molecule has 0 fully saturated rings. The van der Waals surface area contributed by atoms with E-state index in [0.29, 0.717) is 11.3 Å². The van der Waals surface area contributed by atoms with Crippen molar-refractivity contribution < 1.29 is 13.9 Å². The van der Waals surface area contributed by atoms with Crippen LogP contribution >= 0.6 is 0 Å². The lowest BCUT2D eigenvalue weighted by Gasteiger charge is -2.08. The van der Waals surface area contributed by atoms with Gasteiger partial charge in [0, 0.05) is 6.07 Å². The van der Waals surface area contributed by atoms with Crippen LogP contribution in [0.1, 0.15) is 5.56 Å². The highest BCUT2D eigenvalue weighted by Crippen LogP contribution is 2.25. The Kier molecular flexibility index (Phi) is 3.82. The first kappa shape index (κ1) is 13.4. The molecule has 0 aliphatic heterocycles. The monoisotopic (exact) mass is 271 g/mol. The third-order valence-corrected chi connectivity index (χ3v) is 2.42. The van der Waals surface area contributed by atoms with Crippen LogP contribution in [0.25, 0.3) is 0 Å². The first-order valence-electron chi connectivity index (χ1n) is 5.62. The fourth-order valence-electron chi connectivity index (χ4n) is 1.53. The summed E-state index contributed by atoms with van der Waals surface area (Å²) in [5, 5.41) is 10.8. The molecule has 0 saturated carbocycles. The summed E-state index contributed by atoms with van der Waals surface area (Å²) in [6.07, 6.45) is 0. The molecule has 2 rings (SSSR count). The number of benzene rings is 2. The normalized spacial score (nSPS) is 9.60. The molecule has 0 saturated heterocycles. The van der Waals surface area contributed by atoms with Crippen molar-refractivity contribution in [1.29, 1.82) is 5.26 Å². The number of nitrogens with one attached hydrogen (secondary N) is 1. The van der Waals surface area contributed by atoms with Crippen LogP contribution in [0.15, 0.2) is 42.5 Å². The van der Waals surface area contributed by atoms with Crippen molar-refractivity contribution >= 4 is 11.7 Å². The Morgan fingerprint density at radius 3 is 2.40 bits per heavy atom. The summed E-state index contributed by atoms with van der Waals surface area (Å²) in [5.41, 5.74) is 5.39. The summed E-state index contributed by atoms with van der Waals surface area (Å²) in [6, 6.07) is 11.5. The molecule has 6 heteroatoms. The van der Waals surface area contributed by atoms with E-state index in [1.165, 1.54) is 12.1 Å². The Morgan fingerprint density at radius 2 is 1.85 bits per heavy atom. The smallest absolute Gasteiger partial charge is 0.316 e. The average Bonchev–Trinajstić information content (AvgIpc) is 2.42. The van der Waals surface area contributed by atoms with Gasteiger partial charge in [-0.15, -0.1) is 0 Å². The lowest BCUT2D eigenvalue weighted by atomic mass is 10.2. The molecule has 0 spiro atoms. The maximum Gasteiger partial charge on any atom is 0.316 e. The van der Waals surface area contributed by atoms with Gasteiger partial charge in [0.1, 0.15) is 17.3 Å². The number of nitrogens with two attached hydrogens (primary N) is 1. The third kappa shape index (κ3) is 3.23. The van der Waals surface area contributed by atoms with Gasteiger partial charge in [-0.3, -0.25) is 0 Å². The van der Waals surface area contributed by atoms with Gasteiger partial charge in [-0.05, 0) is 36.4 Å². The molecular formula is C14H10FN3O2. The quantitative estimate of drug-likeness (QED) is 0.899. The predicted molar refractivity (Wildman–Crippen MR) is 70.8 cm³/mol. The highest BCUT2D eigenvalue weighted by molar-refractivity contribution is 5.87. The molecule has 0 bridgehead atoms. The fourth-order valence-corrected chi connectivity index (χ4v) is 1.53. The molecule has 0 heterocycles. The number of halogens is 1. The number of carbonyl (C=O) groups excluding carboxylic acids is 1. The van der Waals surface area contributed by atoms with Gasteiger partial charge in [0.15, 0.2) is 0 Å². The van der Waals surface area contributed by atoms with Crippen molar-refractivity contribution in [2.45, 2.75) is 0 Å². The van der Waals surface area contributed by atoms with Crippen molar-refractivity contribution in [2.24, 2.45) is 5.73 Å². The Balaban J connectivity index is 2.15.